The predicted octanol–water partition coefficient (Wildman–Crippen LogP) is 2.28. The average molecular weight is 382 g/mol. The second-order valence-corrected chi connectivity index (χ2v) is 7.61. The fourth-order valence-electron chi connectivity index (χ4n) is 4.79. The van der Waals surface area contributed by atoms with Gasteiger partial charge in [0.25, 0.3) is 0 Å². The fourth-order valence-corrected chi connectivity index (χ4v) is 5.01. The summed E-state index contributed by atoms with van der Waals surface area (Å²) in [6.45, 7) is 1.84. The van der Waals surface area contributed by atoms with Crippen LogP contribution in [-0.2, 0) is 19.9 Å². The highest BCUT2D eigenvalue weighted by atomic mass is 35.5. The fraction of sp³-hybridized carbons (Fsp3) is 0.250. The first-order valence-electron chi connectivity index (χ1n) is 8.78. The highest BCUT2D eigenvalue weighted by Crippen LogP contribution is 2.53. The van der Waals surface area contributed by atoms with Gasteiger partial charge < -0.3 is 5.32 Å². The zero-order valence-electron chi connectivity index (χ0n) is 14.4. The van der Waals surface area contributed by atoms with Crippen molar-refractivity contribution in [2.24, 2.45) is 11.8 Å². The summed E-state index contributed by atoms with van der Waals surface area (Å²) in [7, 11) is 0. The molecule has 7 heteroatoms. The van der Waals surface area contributed by atoms with Crippen LogP contribution in [0.25, 0.3) is 0 Å². The van der Waals surface area contributed by atoms with Crippen molar-refractivity contribution in [1.29, 1.82) is 0 Å². The van der Waals surface area contributed by atoms with Gasteiger partial charge in [0.1, 0.15) is 5.54 Å². The van der Waals surface area contributed by atoms with Crippen LogP contribution in [0.3, 0.4) is 0 Å². The topological polar surface area (TPSA) is 78.5 Å². The molecule has 27 heavy (non-hydrogen) atoms. The second kappa shape index (κ2) is 5.41. The quantitative estimate of drug-likeness (QED) is 0.743. The monoisotopic (exact) mass is 381 g/mol. The molecule has 2 aromatic carbocycles. The summed E-state index contributed by atoms with van der Waals surface area (Å²) in [6.07, 6.45) is 0. The minimum absolute atomic E-state index is 0.301. The molecule has 136 valence electrons. The number of benzene rings is 2. The Kier molecular flexibility index (Phi) is 3.30. The van der Waals surface area contributed by atoms with E-state index < -0.39 is 23.3 Å². The molecule has 3 amide bonds. The first-order chi connectivity index (χ1) is 13.0. The molecule has 4 atom stereocenters. The van der Waals surface area contributed by atoms with E-state index in [1.165, 1.54) is 0 Å². The number of hydrogen-bond acceptors (Lipinski definition) is 4. The molecular formula is C20H16ClN3O3. The van der Waals surface area contributed by atoms with Crippen LogP contribution in [0, 0.1) is 11.8 Å². The Balaban J connectivity index is 1.69. The van der Waals surface area contributed by atoms with Gasteiger partial charge in [0.05, 0.1) is 22.5 Å². The van der Waals surface area contributed by atoms with Gasteiger partial charge in [-0.15, -0.1) is 0 Å². The van der Waals surface area contributed by atoms with Gasteiger partial charge in [-0.25, -0.2) is 4.90 Å². The maximum atomic E-state index is 13.4. The van der Waals surface area contributed by atoms with Crippen molar-refractivity contribution in [3.8, 4) is 0 Å². The molecule has 2 aromatic rings. The standard InChI is InChI=1S/C20H16ClN3O3/c1-10-15-16(18(26)24(17(15)25)14-9-5-3-7-12(14)21)20(23-10)11-6-2-4-8-13(11)22-19(20)27/h2-10,15-16,23H,1H3,(H,22,27)/t10-,15-,16-,20-/m1/s1. The number of nitrogens with one attached hydrogen (secondary N) is 2. The van der Waals surface area contributed by atoms with Crippen LogP contribution in [0.1, 0.15) is 12.5 Å². The number of fused-ring (bicyclic) bond motifs is 4. The van der Waals surface area contributed by atoms with E-state index in [0.717, 1.165) is 4.90 Å². The number of rotatable bonds is 1. The first kappa shape index (κ1) is 16.5. The number of imide groups is 1. The van der Waals surface area contributed by atoms with E-state index in [-0.39, 0.29) is 17.9 Å². The molecule has 0 saturated carbocycles. The van der Waals surface area contributed by atoms with Gasteiger partial charge in [-0.3, -0.25) is 19.7 Å². The summed E-state index contributed by atoms with van der Waals surface area (Å²) in [5, 5.41) is 6.45. The normalized spacial score (nSPS) is 31.4. The number of halogens is 1. The Morgan fingerprint density at radius 2 is 1.70 bits per heavy atom. The summed E-state index contributed by atoms with van der Waals surface area (Å²) in [5.74, 6) is -2.48. The molecule has 0 unspecified atom stereocenters. The molecule has 3 aliphatic heterocycles. The molecule has 1 spiro atoms. The Bertz CT molecular complexity index is 1020. The van der Waals surface area contributed by atoms with Gasteiger partial charge in [-0.2, -0.15) is 0 Å². The molecule has 2 fully saturated rings. The average Bonchev–Trinajstić information content (AvgIpc) is 3.21. The van der Waals surface area contributed by atoms with Gasteiger partial charge in [-0.05, 0) is 25.1 Å². The van der Waals surface area contributed by atoms with Crippen LogP contribution in [-0.4, -0.2) is 23.8 Å². The Morgan fingerprint density at radius 1 is 1.00 bits per heavy atom. The maximum absolute atomic E-state index is 13.4. The van der Waals surface area contributed by atoms with E-state index in [0.29, 0.717) is 22.0 Å². The third-order valence-electron chi connectivity index (χ3n) is 5.86. The Labute approximate surface area is 160 Å². The van der Waals surface area contributed by atoms with E-state index in [4.69, 9.17) is 11.6 Å². The Morgan fingerprint density at radius 3 is 2.48 bits per heavy atom. The number of carbonyl (C=O) groups excluding carboxylic acids is 3. The summed E-state index contributed by atoms with van der Waals surface area (Å²) >= 11 is 6.25. The van der Waals surface area contributed by atoms with Crippen molar-refractivity contribution in [3.05, 3.63) is 59.1 Å². The zero-order valence-corrected chi connectivity index (χ0v) is 15.2. The summed E-state index contributed by atoms with van der Waals surface area (Å²) in [4.78, 5) is 40.8. The number of para-hydroxylation sites is 2. The van der Waals surface area contributed by atoms with E-state index in [9.17, 15) is 14.4 Å². The summed E-state index contributed by atoms with van der Waals surface area (Å²) in [6, 6.07) is 13.7. The number of nitrogens with zero attached hydrogens (tertiary/aromatic N) is 1. The van der Waals surface area contributed by atoms with Crippen LogP contribution < -0.4 is 15.5 Å². The van der Waals surface area contributed by atoms with Gasteiger partial charge in [0.2, 0.25) is 17.7 Å². The van der Waals surface area contributed by atoms with Crippen LogP contribution >= 0.6 is 11.6 Å². The van der Waals surface area contributed by atoms with Crippen molar-refractivity contribution in [1.82, 2.24) is 5.32 Å². The number of amides is 3. The lowest BCUT2D eigenvalue weighted by Gasteiger charge is -2.29. The molecule has 6 nitrogen and oxygen atoms in total. The van der Waals surface area contributed by atoms with Gasteiger partial charge >= 0.3 is 0 Å². The number of hydrogen-bond donors (Lipinski definition) is 2. The predicted molar refractivity (Wildman–Crippen MR) is 100 cm³/mol. The maximum Gasteiger partial charge on any atom is 0.250 e. The molecule has 0 bridgehead atoms. The van der Waals surface area contributed by atoms with Crippen molar-refractivity contribution < 1.29 is 14.4 Å². The summed E-state index contributed by atoms with van der Waals surface area (Å²) < 4.78 is 0. The lowest BCUT2D eigenvalue weighted by atomic mass is 9.76. The molecule has 2 N–H and O–H groups in total. The molecule has 2 saturated heterocycles. The van der Waals surface area contributed by atoms with Crippen molar-refractivity contribution >= 4 is 40.7 Å². The number of anilines is 2. The molecule has 3 aliphatic rings. The molecule has 3 heterocycles. The molecular weight excluding hydrogens is 366 g/mol. The van der Waals surface area contributed by atoms with Crippen LogP contribution in [0.4, 0.5) is 11.4 Å². The number of carbonyl (C=O) groups is 3. The molecule has 0 radical (unpaired) electrons. The van der Waals surface area contributed by atoms with E-state index in [2.05, 4.69) is 10.6 Å². The zero-order chi connectivity index (χ0) is 18.9. The minimum atomic E-state index is -1.25. The lowest BCUT2D eigenvalue weighted by molar-refractivity contribution is -0.130. The summed E-state index contributed by atoms with van der Waals surface area (Å²) in [5.41, 5.74) is 0.483. The highest BCUT2D eigenvalue weighted by Gasteiger charge is 2.69. The highest BCUT2D eigenvalue weighted by molar-refractivity contribution is 6.36. The lowest BCUT2D eigenvalue weighted by Crippen LogP contribution is -2.53. The third kappa shape index (κ3) is 1.91. The van der Waals surface area contributed by atoms with Gasteiger partial charge in [0.15, 0.2) is 0 Å². The van der Waals surface area contributed by atoms with Crippen molar-refractivity contribution in [2.45, 2.75) is 18.5 Å². The smallest absolute Gasteiger partial charge is 0.250 e. The molecule has 5 rings (SSSR count). The van der Waals surface area contributed by atoms with E-state index in [1.807, 2.05) is 25.1 Å². The van der Waals surface area contributed by atoms with Crippen LogP contribution in [0.5, 0.6) is 0 Å². The minimum Gasteiger partial charge on any atom is -0.324 e. The van der Waals surface area contributed by atoms with Gasteiger partial charge in [0, 0.05) is 17.3 Å². The van der Waals surface area contributed by atoms with Gasteiger partial charge in [-0.1, -0.05) is 41.9 Å². The second-order valence-electron chi connectivity index (χ2n) is 7.21. The van der Waals surface area contributed by atoms with Crippen molar-refractivity contribution in [3.63, 3.8) is 0 Å². The SMILES string of the molecule is C[C@H]1N[C@@]2(C(=O)Nc3ccccc32)[C@H]2C(=O)N(c3ccccc3Cl)C(=O)[C@H]12. The third-order valence-corrected chi connectivity index (χ3v) is 6.18. The Hall–Kier alpha value is -2.70. The molecule has 0 aromatic heterocycles. The molecule has 0 aliphatic carbocycles. The van der Waals surface area contributed by atoms with Crippen LogP contribution in [0.15, 0.2) is 48.5 Å². The largest absolute Gasteiger partial charge is 0.324 e. The van der Waals surface area contributed by atoms with E-state index >= 15 is 0 Å². The first-order valence-corrected chi connectivity index (χ1v) is 9.15. The van der Waals surface area contributed by atoms with E-state index in [1.54, 1.807) is 30.3 Å². The van der Waals surface area contributed by atoms with Crippen molar-refractivity contribution in [2.75, 3.05) is 10.2 Å². The van der Waals surface area contributed by atoms with Crippen LogP contribution in [0.2, 0.25) is 5.02 Å².